The van der Waals surface area contributed by atoms with Gasteiger partial charge in [0.1, 0.15) is 0 Å². The molecule has 2 amide bonds. The summed E-state index contributed by atoms with van der Waals surface area (Å²) in [6, 6.07) is 7.40. The lowest BCUT2D eigenvalue weighted by molar-refractivity contribution is 0.0383. The third-order valence-corrected chi connectivity index (χ3v) is 4.80. The second kappa shape index (κ2) is 9.43. The van der Waals surface area contributed by atoms with E-state index in [-0.39, 0.29) is 11.8 Å². The van der Waals surface area contributed by atoms with Gasteiger partial charge in [0.15, 0.2) is 0 Å². The molecule has 148 valence electrons. The number of carbonyl (C=O) groups excluding carboxylic acids is 2. The van der Waals surface area contributed by atoms with Gasteiger partial charge in [-0.2, -0.15) is 0 Å². The Kier molecular flexibility index (Phi) is 6.73. The zero-order valence-corrected chi connectivity index (χ0v) is 16.3. The van der Waals surface area contributed by atoms with Crippen molar-refractivity contribution in [1.82, 2.24) is 15.2 Å². The van der Waals surface area contributed by atoms with Gasteiger partial charge in [-0.25, -0.2) is 0 Å². The van der Waals surface area contributed by atoms with E-state index in [0.717, 1.165) is 49.7 Å². The lowest BCUT2D eigenvalue weighted by Crippen LogP contribution is -2.41. The van der Waals surface area contributed by atoms with E-state index in [0.29, 0.717) is 17.7 Å². The van der Waals surface area contributed by atoms with Crippen LogP contribution in [0.3, 0.4) is 0 Å². The molecule has 2 aromatic rings. The van der Waals surface area contributed by atoms with Crippen molar-refractivity contribution < 1.29 is 14.3 Å². The molecule has 0 spiro atoms. The van der Waals surface area contributed by atoms with E-state index >= 15 is 0 Å². The molecule has 7 heteroatoms. The SMILES string of the molecule is Cc1cccc(C)c1NC(=O)c1cncc(C(=O)NCCN2CCOCC2)c1. The molecule has 1 fully saturated rings. The number of amides is 2. The summed E-state index contributed by atoms with van der Waals surface area (Å²) in [7, 11) is 0. The average molecular weight is 382 g/mol. The molecule has 1 aliphatic heterocycles. The molecular weight excluding hydrogens is 356 g/mol. The molecule has 1 aromatic heterocycles. The van der Waals surface area contributed by atoms with E-state index < -0.39 is 0 Å². The number of hydrogen-bond donors (Lipinski definition) is 2. The number of nitrogens with one attached hydrogen (secondary N) is 2. The maximum atomic E-state index is 12.6. The normalized spacial score (nSPS) is 14.5. The van der Waals surface area contributed by atoms with Crippen molar-refractivity contribution in [2.24, 2.45) is 0 Å². The number of anilines is 1. The van der Waals surface area contributed by atoms with Gasteiger partial charge in [-0.3, -0.25) is 19.5 Å². The van der Waals surface area contributed by atoms with Crippen LogP contribution in [0.25, 0.3) is 0 Å². The predicted octanol–water partition coefficient (Wildman–Crippen LogP) is 2.01. The van der Waals surface area contributed by atoms with Crippen LogP contribution in [0.2, 0.25) is 0 Å². The van der Waals surface area contributed by atoms with E-state index in [1.165, 1.54) is 12.4 Å². The quantitative estimate of drug-likeness (QED) is 0.799. The van der Waals surface area contributed by atoms with Crippen molar-refractivity contribution in [3.63, 3.8) is 0 Å². The van der Waals surface area contributed by atoms with E-state index in [9.17, 15) is 9.59 Å². The Morgan fingerprint density at radius 1 is 1.07 bits per heavy atom. The van der Waals surface area contributed by atoms with E-state index in [2.05, 4.69) is 20.5 Å². The molecule has 3 rings (SSSR count). The van der Waals surface area contributed by atoms with Crippen LogP contribution in [0.4, 0.5) is 5.69 Å². The van der Waals surface area contributed by atoms with E-state index in [1.807, 2.05) is 32.0 Å². The molecule has 1 saturated heterocycles. The molecule has 1 aromatic carbocycles. The molecule has 0 aliphatic carbocycles. The second-order valence-electron chi connectivity index (χ2n) is 6.89. The number of nitrogens with zero attached hydrogens (tertiary/aromatic N) is 2. The monoisotopic (exact) mass is 382 g/mol. The highest BCUT2D eigenvalue weighted by molar-refractivity contribution is 6.06. The number of benzene rings is 1. The zero-order valence-electron chi connectivity index (χ0n) is 16.3. The van der Waals surface area contributed by atoms with Crippen LogP contribution in [0.15, 0.2) is 36.7 Å². The highest BCUT2D eigenvalue weighted by atomic mass is 16.5. The Morgan fingerprint density at radius 2 is 1.71 bits per heavy atom. The molecule has 0 saturated carbocycles. The van der Waals surface area contributed by atoms with Crippen molar-refractivity contribution >= 4 is 17.5 Å². The van der Waals surface area contributed by atoms with Crippen LogP contribution in [0.5, 0.6) is 0 Å². The van der Waals surface area contributed by atoms with Crippen molar-refractivity contribution in [3.8, 4) is 0 Å². The van der Waals surface area contributed by atoms with Gasteiger partial charge in [-0.1, -0.05) is 18.2 Å². The smallest absolute Gasteiger partial charge is 0.257 e. The van der Waals surface area contributed by atoms with Crippen molar-refractivity contribution in [1.29, 1.82) is 0 Å². The Hall–Kier alpha value is -2.77. The van der Waals surface area contributed by atoms with E-state index in [1.54, 1.807) is 6.07 Å². The van der Waals surface area contributed by atoms with Crippen LogP contribution < -0.4 is 10.6 Å². The maximum Gasteiger partial charge on any atom is 0.257 e. The van der Waals surface area contributed by atoms with Crippen LogP contribution in [-0.2, 0) is 4.74 Å². The number of rotatable bonds is 6. The van der Waals surface area contributed by atoms with Gasteiger partial charge in [-0.05, 0) is 31.0 Å². The highest BCUT2D eigenvalue weighted by Gasteiger charge is 2.14. The average Bonchev–Trinajstić information content (AvgIpc) is 2.71. The molecule has 0 bridgehead atoms. The molecule has 7 nitrogen and oxygen atoms in total. The van der Waals surface area contributed by atoms with Crippen LogP contribution in [0.1, 0.15) is 31.8 Å². The number of carbonyl (C=O) groups is 2. The summed E-state index contributed by atoms with van der Waals surface area (Å²) < 4.78 is 5.31. The number of para-hydroxylation sites is 1. The standard InChI is InChI=1S/C21H26N4O3/c1-15-4-3-5-16(2)19(15)24-21(27)18-12-17(13-22-14-18)20(26)23-6-7-25-8-10-28-11-9-25/h3-5,12-14H,6-11H2,1-2H3,(H,23,26)(H,24,27). The summed E-state index contributed by atoms with van der Waals surface area (Å²) in [5.74, 6) is -0.518. The van der Waals surface area contributed by atoms with Gasteiger partial charge in [-0.15, -0.1) is 0 Å². The number of aromatic nitrogens is 1. The van der Waals surface area contributed by atoms with Crippen LogP contribution in [-0.4, -0.2) is 61.1 Å². The number of morpholine rings is 1. The third-order valence-electron chi connectivity index (χ3n) is 4.80. The topological polar surface area (TPSA) is 83.6 Å². The lowest BCUT2D eigenvalue weighted by atomic mass is 10.1. The first-order valence-electron chi connectivity index (χ1n) is 9.45. The summed E-state index contributed by atoms with van der Waals surface area (Å²) in [4.78, 5) is 31.3. The first-order chi connectivity index (χ1) is 13.5. The summed E-state index contributed by atoms with van der Waals surface area (Å²) >= 11 is 0. The van der Waals surface area contributed by atoms with Crippen molar-refractivity contribution in [3.05, 3.63) is 58.9 Å². The minimum atomic E-state index is -0.284. The lowest BCUT2D eigenvalue weighted by Gasteiger charge is -2.26. The van der Waals surface area contributed by atoms with Gasteiger partial charge >= 0.3 is 0 Å². The first-order valence-corrected chi connectivity index (χ1v) is 9.45. The first kappa shape index (κ1) is 20.0. The number of aryl methyl sites for hydroxylation is 2. The molecule has 0 radical (unpaired) electrons. The van der Waals surface area contributed by atoms with Crippen molar-refractivity contribution in [2.45, 2.75) is 13.8 Å². The maximum absolute atomic E-state index is 12.6. The minimum Gasteiger partial charge on any atom is -0.379 e. The fraction of sp³-hybridized carbons (Fsp3) is 0.381. The summed E-state index contributed by atoms with van der Waals surface area (Å²) in [6.07, 6.45) is 2.94. The zero-order chi connectivity index (χ0) is 19.9. The van der Waals surface area contributed by atoms with Gasteiger partial charge in [0.2, 0.25) is 0 Å². The number of pyridine rings is 1. The van der Waals surface area contributed by atoms with Gasteiger partial charge in [0.05, 0.1) is 24.3 Å². The molecular formula is C21H26N4O3. The largest absolute Gasteiger partial charge is 0.379 e. The van der Waals surface area contributed by atoms with Crippen LogP contribution in [0, 0.1) is 13.8 Å². The Labute approximate surface area is 165 Å². The summed E-state index contributed by atoms with van der Waals surface area (Å²) in [6.45, 7) is 8.42. The molecule has 1 aliphatic rings. The third kappa shape index (κ3) is 5.15. The second-order valence-corrected chi connectivity index (χ2v) is 6.89. The molecule has 28 heavy (non-hydrogen) atoms. The number of ether oxygens (including phenoxy) is 1. The Balaban J connectivity index is 1.59. The number of hydrogen-bond acceptors (Lipinski definition) is 5. The molecule has 0 atom stereocenters. The molecule has 2 heterocycles. The highest BCUT2D eigenvalue weighted by Crippen LogP contribution is 2.20. The fourth-order valence-corrected chi connectivity index (χ4v) is 3.14. The molecule has 2 N–H and O–H groups in total. The summed E-state index contributed by atoms with van der Waals surface area (Å²) in [5, 5.41) is 5.81. The molecule has 0 unspecified atom stereocenters. The van der Waals surface area contributed by atoms with Crippen molar-refractivity contribution in [2.75, 3.05) is 44.7 Å². The Bertz CT molecular complexity index is 827. The van der Waals surface area contributed by atoms with Crippen LogP contribution >= 0.6 is 0 Å². The van der Waals surface area contributed by atoms with E-state index in [4.69, 9.17) is 4.74 Å². The van der Waals surface area contributed by atoms with Gasteiger partial charge in [0, 0.05) is 44.3 Å². The Morgan fingerprint density at radius 3 is 2.39 bits per heavy atom. The fourth-order valence-electron chi connectivity index (χ4n) is 3.14. The minimum absolute atomic E-state index is 0.234. The predicted molar refractivity (Wildman–Crippen MR) is 108 cm³/mol. The van der Waals surface area contributed by atoms with Gasteiger partial charge in [0.25, 0.3) is 11.8 Å². The summed E-state index contributed by atoms with van der Waals surface area (Å²) in [5.41, 5.74) is 3.48. The van der Waals surface area contributed by atoms with Gasteiger partial charge < -0.3 is 15.4 Å².